The Kier molecular flexibility index (Phi) is 7.10. The van der Waals surface area contributed by atoms with Gasteiger partial charge in [-0.25, -0.2) is 0 Å². The van der Waals surface area contributed by atoms with E-state index in [2.05, 4.69) is 220 Å². The maximum absolute atomic E-state index is 2.46. The minimum Gasteiger partial charge on any atom is -0.310 e. The number of anilines is 3. The first-order chi connectivity index (χ1) is 27.4. The Balaban J connectivity index is 1.12. The third-order valence-corrected chi connectivity index (χ3v) is 12.7. The van der Waals surface area contributed by atoms with Crippen molar-refractivity contribution < 1.29 is 0 Å². The van der Waals surface area contributed by atoms with E-state index in [-0.39, 0.29) is 5.41 Å². The summed E-state index contributed by atoms with van der Waals surface area (Å²) in [6, 6.07) is 72.7. The molecule has 1 heteroatoms. The molecule has 0 unspecified atom stereocenters. The minimum atomic E-state index is -0.473. The summed E-state index contributed by atoms with van der Waals surface area (Å²) in [5, 5.41) is 5.10. The van der Waals surface area contributed by atoms with E-state index in [0.29, 0.717) is 0 Å². The van der Waals surface area contributed by atoms with Crippen LogP contribution in [-0.2, 0) is 10.8 Å². The lowest BCUT2D eigenvalue weighted by atomic mass is 9.67. The lowest BCUT2D eigenvalue weighted by Crippen LogP contribution is -2.28. The first kappa shape index (κ1) is 32.7. The van der Waals surface area contributed by atoms with Gasteiger partial charge in [-0.15, -0.1) is 0 Å². The van der Waals surface area contributed by atoms with Crippen molar-refractivity contribution in [1.29, 1.82) is 0 Å². The zero-order valence-electron chi connectivity index (χ0n) is 31.9. The number of aryl methyl sites for hydroxylation is 1. The zero-order chi connectivity index (χ0) is 37.6. The average molecular weight is 716 g/mol. The fourth-order valence-corrected chi connectivity index (χ4v) is 10.0. The second-order valence-electron chi connectivity index (χ2n) is 16.2. The monoisotopic (exact) mass is 715 g/mol. The summed E-state index contributed by atoms with van der Waals surface area (Å²) in [5.41, 5.74) is 17.3. The lowest BCUT2D eigenvalue weighted by molar-refractivity contribution is 0.662. The van der Waals surface area contributed by atoms with E-state index in [9.17, 15) is 0 Å². The third-order valence-electron chi connectivity index (χ3n) is 12.7. The van der Waals surface area contributed by atoms with Crippen LogP contribution in [0.3, 0.4) is 0 Å². The highest BCUT2D eigenvalue weighted by Gasteiger charge is 2.46. The van der Waals surface area contributed by atoms with Gasteiger partial charge in [-0.1, -0.05) is 153 Å². The van der Waals surface area contributed by atoms with Crippen LogP contribution in [0.4, 0.5) is 17.1 Å². The van der Waals surface area contributed by atoms with Crippen molar-refractivity contribution in [2.75, 3.05) is 4.90 Å². The second-order valence-corrected chi connectivity index (χ2v) is 16.2. The van der Waals surface area contributed by atoms with Crippen molar-refractivity contribution in [2.45, 2.75) is 31.6 Å². The van der Waals surface area contributed by atoms with Crippen LogP contribution in [0.2, 0.25) is 0 Å². The van der Waals surface area contributed by atoms with Crippen molar-refractivity contribution in [3.63, 3.8) is 0 Å². The molecule has 0 atom stereocenters. The minimum absolute atomic E-state index is 0.108. The molecule has 9 aromatic rings. The zero-order valence-corrected chi connectivity index (χ0v) is 31.9. The van der Waals surface area contributed by atoms with E-state index in [1.807, 2.05) is 0 Å². The third kappa shape index (κ3) is 4.67. The van der Waals surface area contributed by atoms with Crippen LogP contribution >= 0.6 is 0 Å². The summed E-state index contributed by atoms with van der Waals surface area (Å²) in [6.07, 6.45) is 0. The highest BCUT2D eigenvalue weighted by molar-refractivity contribution is 6.00. The van der Waals surface area contributed by atoms with E-state index in [1.165, 1.54) is 82.7 Å². The topological polar surface area (TPSA) is 3.24 Å². The smallest absolute Gasteiger partial charge is 0.0714 e. The molecule has 11 rings (SSSR count). The van der Waals surface area contributed by atoms with E-state index in [0.717, 1.165) is 17.1 Å². The molecule has 0 radical (unpaired) electrons. The summed E-state index contributed by atoms with van der Waals surface area (Å²) in [7, 11) is 0. The molecule has 0 saturated heterocycles. The molecule has 0 N–H and O–H groups in total. The summed E-state index contributed by atoms with van der Waals surface area (Å²) in [6.45, 7) is 6.93. The van der Waals surface area contributed by atoms with Gasteiger partial charge >= 0.3 is 0 Å². The molecule has 0 aliphatic heterocycles. The highest BCUT2D eigenvalue weighted by Crippen LogP contribution is 2.57. The Morgan fingerprint density at radius 2 is 0.839 bits per heavy atom. The van der Waals surface area contributed by atoms with Gasteiger partial charge in [0.15, 0.2) is 0 Å². The summed E-state index contributed by atoms with van der Waals surface area (Å²) in [4.78, 5) is 2.45. The predicted molar refractivity (Wildman–Crippen MR) is 236 cm³/mol. The predicted octanol–water partition coefficient (Wildman–Crippen LogP) is 14.4. The molecule has 0 aromatic heterocycles. The number of hydrogen-bond donors (Lipinski definition) is 0. The molecule has 266 valence electrons. The van der Waals surface area contributed by atoms with Gasteiger partial charge in [0.2, 0.25) is 0 Å². The molecule has 0 fully saturated rings. The largest absolute Gasteiger partial charge is 0.310 e. The van der Waals surface area contributed by atoms with Gasteiger partial charge in [0.05, 0.1) is 5.41 Å². The van der Waals surface area contributed by atoms with Gasteiger partial charge in [0, 0.05) is 22.5 Å². The van der Waals surface area contributed by atoms with Crippen molar-refractivity contribution in [3.8, 4) is 22.3 Å². The maximum atomic E-state index is 2.46. The highest BCUT2D eigenvalue weighted by atomic mass is 15.1. The molecule has 2 aliphatic carbocycles. The second kappa shape index (κ2) is 12.2. The van der Waals surface area contributed by atoms with Crippen LogP contribution in [0.15, 0.2) is 194 Å². The van der Waals surface area contributed by atoms with Crippen LogP contribution in [0.5, 0.6) is 0 Å². The molecular formula is C55H41N. The lowest BCUT2D eigenvalue weighted by Gasteiger charge is -2.35. The van der Waals surface area contributed by atoms with Crippen LogP contribution < -0.4 is 4.90 Å². The van der Waals surface area contributed by atoms with Crippen molar-refractivity contribution in [1.82, 2.24) is 0 Å². The van der Waals surface area contributed by atoms with Crippen LogP contribution in [-0.4, -0.2) is 0 Å². The van der Waals surface area contributed by atoms with Gasteiger partial charge in [-0.3, -0.25) is 0 Å². The van der Waals surface area contributed by atoms with Gasteiger partial charge in [0.1, 0.15) is 0 Å². The van der Waals surface area contributed by atoms with Crippen LogP contribution in [0, 0.1) is 6.92 Å². The molecule has 0 saturated carbocycles. The quantitative estimate of drug-likeness (QED) is 0.171. The summed E-state index contributed by atoms with van der Waals surface area (Å²) >= 11 is 0. The van der Waals surface area contributed by atoms with Crippen LogP contribution in [0.1, 0.15) is 52.8 Å². The van der Waals surface area contributed by atoms with Crippen LogP contribution in [0.25, 0.3) is 43.8 Å². The molecule has 2 aliphatic rings. The Labute approximate surface area is 329 Å². The molecule has 9 aromatic carbocycles. The van der Waals surface area contributed by atoms with E-state index < -0.39 is 5.41 Å². The SMILES string of the molecule is Cc1ccc(N(c2ccc3c(c2)C(c2ccccc2)(c2ccccc2)c2ccccc2-3)c2ccc3cc4c(cc3c2)C(C)(C)c2cc3ccccc3cc2-4)cc1. The Morgan fingerprint density at radius 3 is 1.52 bits per heavy atom. The number of rotatable bonds is 5. The van der Waals surface area contributed by atoms with E-state index in [1.54, 1.807) is 0 Å². The molecule has 0 heterocycles. The van der Waals surface area contributed by atoms with E-state index in [4.69, 9.17) is 0 Å². The standard InChI is InChI=1S/C55H41N/c1-36-22-25-43(26-23-36)56(44-27-24-39-32-49-48-31-37-14-10-11-15-38(37)33-51(48)54(2,3)52(49)34-40(39)30-44)45-28-29-47-46-20-12-13-21-50(46)55(53(47)35-45,41-16-6-4-7-17-41)42-18-8-5-9-19-42/h4-35H,1-3H3. The number of nitrogens with zero attached hydrogens (tertiary/aromatic N) is 1. The Bertz CT molecular complexity index is 2950. The number of fused-ring (bicyclic) bond motifs is 8. The van der Waals surface area contributed by atoms with Gasteiger partial charge in [0.25, 0.3) is 0 Å². The number of benzene rings is 9. The first-order valence-electron chi connectivity index (χ1n) is 19.8. The molecule has 0 bridgehead atoms. The van der Waals surface area contributed by atoms with E-state index >= 15 is 0 Å². The summed E-state index contributed by atoms with van der Waals surface area (Å²) < 4.78 is 0. The normalized spacial score (nSPS) is 14.3. The Morgan fingerprint density at radius 1 is 0.339 bits per heavy atom. The van der Waals surface area contributed by atoms with Crippen molar-refractivity contribution in [2.24, 2.45) is 0 Å². The maximum Gasteiger partial charge on any atom is 0.0714 e. The fourth-order valence-electron chi connectivity index (χ4n) is 10.0. The molecule has 0 amide bonds. The molecule has 56 heavy (non-hydrogen) atoms. The van der Waals surface area contributed by atoms with Gasteiger partial charge in [-0.2, -0.15) is 0 Å². The molecule has 1 nitrogen and oxygen atoms in total. The summed E-state index contributed by atoms with van der Waals surface area (Å²) in [5.74, 6) is 0. The molecular weight excluding hydrogens is 675 g/mol. The Hall–Kier alpha value is -6.70. The molecule has 0 spiro atoms. The van der Waals surface area contributed by atoms with Crippen molar-refractivity contribution in [3.05, 3.63) is 233 Å². The fraction of sp³-hybridized carbons (Fsp3) is 0.0909. The van der Waals surface area contributed by atoms with Gasteiger partial charge < -0.3 is 4.90 Å². The number of hydrogen-bond acceptors (Lipinski definition) is 1. The first-order valence-corrected chi connectivity index (χ1v) is 19.8. The van der Waals surface area contributed by atoms with Gasteiger partial charge in [-0.05, 0) is 145 Å². The average Bonchev–Trinajstić information content (AvgIpc) is 3.65. The van der Waals surface area contributed by atoms with Crippen molar-refractivity contribution >= 4 is 38.6 Å².